The molecule has 1 aromatic rings. The molecule has 0 aromatic heterocycles. The number of carbonyl (C=O) groups excluding carboxylic acids is 2. The SMILES string of the molecule is COCC(=O)N1[C@H]2CCC[C@H]3N(C(C)=O)[C@@H](Cc4ccccc4)[C@@H]1C[C@@]23C. The predicted molar refractivity (Wildman–Crippen MR) is 103 cm³/mol. The summed E-state index contributed by atoms with van der Waals surface area (Å²) in [7, 11) is 1.58. The molecule has 0 spiro atoms. The number of likely N-dealkylation sites (tertiary alicyclic amines) is 2. The summed E-state index contributed by atoms with van der Waals surface area (Å²) in [6, 6.07) is 10.9. The molecule has 5 atom stereocenters. The lowest BCUT2D eigenvalue weighted by atomic mass is 9.64. The molecule has 0 N–H and O–H groups in total. The molecule has 0 unspecified atom stereocenters. The Morgan fingerprint density at radius 1 is 1.15 bits per heavy atom. The van der Waals surface area contributed by atoms with E-state index < -0.39 is 0 Å². The van der Waals surface area contributed by atoms with Gasteiger partial charge >= 0.3 is 0 Å². The van der Waals surface area contributed by atoms with Gasteiger partial charge in [0.15, 0.2) is 0 Å². The lowest BCUT2D eigenvalue weighted by Gasteiger charge is -2.52. The van der Waals surface area contributed by atoms with Crippen molar-refractivity contribution in [3.8, 4) is 0 Å². The maximum Gasteiger partial charge on any atom is 0.249 e. The summed E-state index contributed by atoms with van der Waals surface area (Å²) in [4.78, 5) is 30.0. The van der Waals surface area contributed by atoms with E-state index in [4.69, 9.17) is 4.74 Å². The van der Waals surface area contributed by atoms with E-state index in [9.17, 15) is 9.59 Å². The molecule has 2 heterocycles. The van der Waals surface area contributed by atoms with Crippen molar-refractivity contribution in [2.75, 3.05) is 13.7 Å². The zero-order valence-corrected chi connectivity index (χ0v) is 16.6. The van der Waals surface area contributed by atoms with Gasteiger partial charge in [-0.15, -0.1) is 0 Å². The quantitative estimate of drug-likeness (QED) is 0.819. The van der Waals surface area contributed by atoms with Crippen LogP contribution in [0.15, 0.2) is 30.3 Å². The number of fused-ring (bicyclic) bond motifs is 1. The minimum atomic E-state index is -0.00875. The Hall–Kier alpha value is -1.88. The monoisotopic (exact) mass is 370 g/mol. The third-order valence-electron chi connectivity index (χ3n) is 7.16. The molecule has 2 saturated heterocycles. The highest BCUT2D eigenvalue weighted by atomic mass is 16.5. The fraction of sp³-hybridized carbons (Fsp3) is 0.636. The van der Waals surface area contributed by atoms with Crippen LogP contribution in [0.5, 0.6) is 0 Å². The molecule has 2 bridgehead atoms. The third kappa shape index (κ3) is 2.87. The number of piperidine rings is 1. The van der Waals surface area contributed by atoms with Gasteiger partial charge in [-0.2, -0.15) is 0 Å². The number of rotatable bonds is 4. The van der Waals surface area contributed by atoms with E-state index in [0.29, 0.717) is 0 Å². The lowest BCUT2D eigenvalue weighted by molar-refractivity contribution is -0.143. The Morgan fingerprint density at radius 2 is 1.81 bits per heavy atom. The maximum absolute atomic E-state index is 13.0. The number of ether oxygens (including phenoxy) is 1. The van der Waals surface area contributed by atoms with Gasteiger partial charge in [-0.05, 0) is 37.7 Å². The van der Waals surface area contributed by atoms with Crippen molar-refractivity contribution in [3.63, 3.8) is 0 Å². The number of nitrogens with zero attached hydrogens (tertiary/aromatic N) is 2. The Balaban J connectivity index is 1.76. The molecule has 1 aromatic carbocycles. The van der Waals surface area contributed by atoms with Crippen LogP contribution >= 0.6 is 0 Å². The molecule has 5 nitrogen and oxygen atoms in total. The van der Waals surface area contributed by atoms with Crippen LogP contribution in [0.1, 0.15) is 45.1 Å². The zero-order valence-electron chi connectivity index (χ0n) is 16.6. The van der Waals surface area contributed by atoms with Gasteiger partial charge in [-0.1, -0.05) is 37.3 Å². The van der Waals surface area contributed by atoms with E-state index in [1.807, 2.05) is 18.2 Å². The van der Waals surface area contributed by atoms with Crippen molar-refractivity contribution in [3.05, 3.63) is 35.9 Å². The minimum absolute atomic E-state index is 0.00875. The molecule has 1 aliphatic carbocycles. The first-order chi connectivity index (χ1) is 13.0. The van der Waals surface area contributed by atoms with E-state index in [2.05, 4.69) is 28.9 Å². The van der Waals surface area contributed by atoms with Crippen molar-refractivity contribution in [2.45, 2.75) is 70.1 Å². The lowest BCUT2D eigenvalue weighted by Crippen LogP contribution is -2.62. The molecule has 4 rings (SSSR count). The number of hydrogen-bond donors (Lipinski definition) is 0. The molecular weight excluding hydrogens is 340 g/mol. The molecule has 1 saturated carbocycles. The summed E-state index contributed by atoms with van der Waals surface area (Å²) in [6.07, 6.45) is 4.91. The minimum Gasteiger partial charge on any atom is -0.375 e. The van der Waals surface area contributed by atoms with Crippen LogP contribution in [0.25, 0.3) is 0 Å². The predicted octanol–water partition coefficient (Wildman–Crippen LogP) is 2.63. The van der Waals surface area contributed by atoms with Crippen molar-refractivity contribution < 1.29 is 14.3 Å². The molecule has 3 fully saturated rings. The molecule has 5 heteroatoms. The van der Waals surface area contributed by atoms with Gasteiger partial charge in [0.05, 0.1) is 12.1 Å². The van der Waals surface area contributed by atoms with Crippen LogP contribution in [0.2, 0.25) is 0 Å². The van der Waals surface area contributed by atoms with E-state index in [1.165, 1.54) is 5.56 Å². The second-order valence-corrected chi connectivity index (χ2v) is 8.66. The number of amides is 2. The molecule has 27 heavy (non-hydrogen) atoms. The first-order valence-electron chi connectivity index (χ1n) is 10.1. The standard InChI is InChI=1S/C22H30N2O3/c1-15(25)23-17(12-16-8-5-4-6-9-16)18-13-22(2)19(23)10-7-11-20(22)24(18)21(26)14-27-3/h4-6,8-9,17-20H,7,10-14H2,1-3H3/t17-,18-,19+,20-,22+/m0/s1. The third-order valence-corrected chi connectivity index (χ3v) is 7.16. The Bertz CT molecular complexity index is 722. The number of hydrogen-bond acceptors (Lipinski definition) is 3. The van der Waals surface area contributed by atoms with Crippen molar-refractivity contribution in [1.29, 1.82) is 0 Å². The smallest absolute Gasteiger partial charge is 0.249 e. The number of carbonyl (C=O) groups is 2. The normalized spacial score (nSPS) is 34.6. The first-order valence-corrected chi connectivity index (χ1v) is 10.1. The second kappa shape index (κ2) is 6.93. The van der Waals surface area contributed by atoms with Gasteiger partial charge in [0.1, 0.15) is 6.61 Å². The highest BCUT2D eigenvalue weighted by Crippen LogP contribution is 2.56. The largest absolute Gasteiger partial charge is 0.375 e. The molecular formula is C22H30N2O3. The van der Waals surface area contributed by atoms with Gasteiger partial charge in [0, 0.05) is 31.5 Å². The van der Waals surface area contributed by atoms with Crippen LogP contribution in [0.3, 0.4) is 0 Å². The van der Waals surface area contributed by atoms with Crippen LogP contribution < -0.4 is 0 Å². The van der Waals surface area contributed by atoms with E-state index in [1.54, 1.807) is 14.0 Å². The van der Waals surface area contributed by atoms with Crippen LogP contribution in [0, 0.1) is 5.41 Å². The fourth-order valence-corrected chi connectivity index (χ4v) is 6.19. The number of methoxy groups -OCH3 is 1. The average Bonchev–Trinajstić information content (AvgIpc) is 2.95. The summed E-state index contributed by atoms with van der Waals surface area (Å²) in [5, 5.41) is 0. The first kappa shape index (κ1) is 18.5. The molecule has 3 aliphatic rings. The van der Waals surface area contributed by atoms with Crippen molar-refractivity contribution in [2.24, 2.45) is 5.41 Å². The molecule has 2 aliphatic heterocycles. The van der Waals surface area contributed by atoms with Crippen molar-refractivity contribution in [1.82, 2.24) is 9.80 Å². The molecule has 2 amide bonds. The van der Waals surface area contributed by atoms with Gasteiger partial charge in [0.25, 0.3) is 0 Å². The van der Waals surface area contributed by atoms with E-state index in [-0.39, 0.29) is 48.0 Å². The van der Waals surface area contributed by atoms with Crippen LogP contribution in [-0.2, 0) is 20.7 Å². The Kier molecular flexibility index (Phi) is 4.75. The second-order valence-electron chi connectivity index (χ2n) is 8.66. The summed E-state index contributed by atoms with van der Waals surface area (Å²) in [5.41, 5.74) is 1.21. The maximum atomic E-state index is 13.0. The summed E-state index contributed by atoms with van der Waals surface area (Å²) < 4.78 is 5.19. The van der Waals surface area contributed by atoms with Gasteiger partial charge in [0.2, 0.25) is 11.8 Å². The highest BCUT2D eigenvalue weighted by molar-refractivity contribution is 5.80. The van der Waals surface area contributed by atoms with E-state index in [0.717, 1.165) is 32.1 Å². The molecule has 146 valence electrons. The number of benzene rings is 1. The van der Waals surface area contributed by atoms with Gasteiger partial charge in [-0.25, -0.2) is 0 Å². The topological polar surface area (TPSA) is 49.9 Å². The Morgan fingerprint density at radius 3 is 2.44 bits per heavy atom. The highest BCUT2D eigenvalue weighted by Gasteiger charge is 2.64. The summed E-state index contributed by atoms with van der Waals surface area (Å²) >= 11 is 0. The summed E-state index contributed by atoms with van der Waals surface area (Å²) in [5.74, 6) is 0.207. The molecule has 0 radical (unpaired) electrons. The van der Waals surface area contributed by atoms with Crippen molar-refractivity contribution >= 4 is 11.8 Å². The fourth-order valence-electron chi connectivity index (χ4n) is 6.19. The van der Waals surface area contributed by atoms with Gasteiger partial charge < -0.3 is 14.5 Å². The average molecular weight is 370 g/mol. The Labute approximate surface area is 161 Å². The summed E-state index contributed by atoms with van der Waals surface area (Å²) in [6.45, 7) is 4.10. The van der Waals surface area contributed by atoms with Gasteiger partial charge in [-0.3, -0.25) is 9.59 Å². The van der Waals surface area contributed by atoms with Crippen LogP contribution in [-0.4, -0.2) is 59.5 Å². The van der Waals surface area contributed by atoms with Crippen LogP contribution in [0.4, 0.5) is 0 Å². The zero-order chi connectivity index (χ0) is 19.2. The van der Waals surface area contributed by atoms with E-state index >= 15 is 0 Å².